The summed E-state index contributed by atoms with van der Waals surface area (Å²) >= 11 is 5.83. The van der Waals surface area contributed by atoms with Gasteiger partial charge in [0.2, 0.25) is 0 Å². The van der Waals surface area contributed by atoms with Crippen molar-refractivity contribution in [2.75, 3.05) is 26.8 Å². The summed E-state index contributed by atoms with van der Waals surface area (Å²) in [5, 5.41) is 3.32. The zero-order valence-corrected chi connectivity index (χ0v) is 7.45. The van der Waals surface area contributed by atoms with Gasteiger partial charge in [0, 0.05) is 13.7 Å². The van der Waals surface area contributed by atoms with Crippen LogP contribution in [-0.2, 0) is 4.74 Å². The lowest BCUT2D eigenvalue weighted by atomic mass is 10.4. The Kier molecular flexibility index (Phi) is 7.47. The van der Waals surface area contributed by atoms with Crippen molar-refractivity contribution in [1.29, 1.82) is 0 Å². The minimum Gasteiger partial charge on any atom is -0.383 e. The molecule has 0 aliphatic carbocycles. The van der Waals surface area contributed by atoms with E-state index < -0.39 is 0 Å². The van der Waals surface area contributed by atoms with Crippen molar-refractivity contribution < 1.29 is 4.74 Å². The quantitative estimate of drug-likeness (QED) is 0.473. The molecule has 0 fully saturated rings. The average molecular weight is 166 g/mol. The van der Waals surface area contributed by atoms with Gasteiger partial charge in [0.25, 0.3) is 0 Å². The highest BCUT2D eigenvalue weighted by Gasteiger charge is 2.00. The molecule has 0 bridgehead atoms. The summed E-state index contributed by atoms with van der Waals surface area (Å²) in [6, 6.07) is 0. The van der Waals surface area contributed by atoms with Gasteiger partial charge in [-0.1, -0.05) is 6.92 Å². The van der Waals surface area contributed by atoms with Gasteiger partial charge < -0.3 is 10.1 Å². The molecule has 0 aliphatic heterocycles. The molecule has 0 rings (SSSR count). The maximum Gasteiger partial charge on any atom is 0.0693 e. The molecule has 0 saturated carbocycles. The van der Waals surface area contributed by atoms with Crippen LogP contribution in [0.25, 0.3) is 0 Å². The number of rotatable bonds is 6. The minimum absolute atomic E-state index is 0.108. The molecule has 0 amide bonds. The zero-order chi connectivity index (χ0) is 7.82. The second kappa shape index (κ2) is 7.32. The zero-order valence-electron chi connectivity index (χ0n) is 6.69. The van der Waals surface area contributed by atoms with Gasteiger partial charge in [-0.15, -0.1) is 11.6 Å². The Morgan fingerprint density at radius 1 is 1.60 bits per heavy atom. The Labute approximate surface area is 67.9 Å². The number of halogens is 1. The third-order valence-corrected chi connectivity index (χ3v) is 1.42. The fourth-order valence-electron chi connectivity index (χ4n) is 0.675. The summed E-state index contributed by atoms with van der Waals surface area (Å²) in [5.41, 5.74) is 0. The standard InChI is InChI=1S/C7H16ClNO/c1-3-4-9-5-7(8)6-10-2/h7,9H,3-6H2,1-2H3. The fraction of sp³-hybridized carbons (Fsp3) is 1.00. The van der Waals surface area contributed by atoms with Crippen LogP contribution in [0.1, 0.15) is 13.3 Å². The third-order valence-electron chi connectivity index (χ3n) is 1.14. The number of methoxy groups -OCH3 is 1. The van der Waals surface area contributed by atoms with E-state index >= 15 is 0 Å². The highest BCUT2D eigenvalue weighted by atomic mass is 35.5. The summed E-state index contributed by atoms with van der Waals surface area (Å²) in [6.07, 6.45) is 1.15. The number of alkyl halides is 1. The molecule has 0 aromatic carbocycles. The molecule has 0 aromatic rings. The molecule has 0 aliphatic rings. The number of hydrogen-bond acceptors (Lipinski definition) is 2. The van der Waals surface area contributed by atoms with Crippen molar-refractivity contribution in [1.82, 2.24) is 5.32 Å². The molecular weight excluding hydrogens is 150 g/mol. The van der Waals surface area contributed by atoms with Gasteiger partial charge in [-0.2, -0.15) is 0 Å². The molecule has 0 saturated heterocycles. The Morgan fingerprint density at radius 3 is 2.80 bits per heavy atom. The maximum absolute atomic E-state index is 5.83. The molecule has 2 nitrogen and oxygen atoms in total. The second-order valence-electron chi connectivity index (χ2n) is 2.26. The van der Waals surface area contributed by atoms with Crippen molar-refractivity contribution >= 4 is 11.6 Å². The van der Waals surface area contributed by atoms with Crippen molar-refractivity contribution in [3.8, 4) is 0 Å². The van der Waals surface area contributed by atoms with E-state index in [1.54, 1.807) is 7.11 Å². The predicted molar refractivity (Wildman–Crippen MR) is 44.7 cm³/mol. The molecule has 10 heavy (non-hydrogen) atoms. The summed E-state index contributed by atoms with van der Waals surface area (Å²) < 4.78 is 4.86. The molecule has 1 unspecified atom stereocenters. The lowest BCUT2D eigenvalue weighted by Gasteiger charge is -2.07. The van der Waals surface area contributed by atoms with Gasteiger partial charge in [-0.3, -0.25) is 0 Å². The maximum atomic E-state index is 5.83. The lowest BCUT2D eigenvalue weighted by Crippen LogP contribution is -2.26. The van der Waals surface area contributed by atoms with Crippen LogP contribution >= 0.6 is 11.6 Å². The van der Waals surface area contributed by atoms with Crippen LogP contribution in [0.4, 0.5) is 0 Å². The van der Waals surface area contributed by atoms with E-state index in [1.165, 1.54) is 0 Å². The molecule has 1 N–H and O–H groups in total. The summed E-state index contributed by atoms with van der Waals surface area (Å²) in [5.74, 6) is 0. The van der Waals surface area contributed by atoms with Gasteiger partial charge in [0.15, 0.2) is 0 Å². The number of hydrogen-bond donors (Lipinski definition) is 1. The molecule has 1 atom stereocenters. The van der Waals surface area contributed by atoms with Gasteiger partial charge >= 0.3 is 0 Å². The Morgan fingerprint density at radius 2 is 2.30 bits per heavy atom. The van der Waals surface area contributed by atoms with Gasteiger partial charge in [-0.25, -0.2) is 0 Å². The van der Waals surface area contributed by atoms with Crippen LogP contribution < -0.4 is 5.32 Å². The van der Waals surface area contributed by atoms with Crippen molar-refractivity contribution in [2.24, 2.45) is 0 Å². The SMILES string of the molecule is CCCNCC(Cl)COC. The van der Waals surface area contributed by atoms with Crippen LogP contribution in [0.2, 0.25) is 0 Å². The fourth-order valence-corrected chi connectivity index (χ4v) is 0.910. The normalized spacial score (nSPS) is 13.5. The molecule has 0 aromatic heterocycles. The first-order chi connectivity index (χ1) is 4.81. The first-order valence-corrected chi connectivity index (χ1v) is 4.08. The first kappa shape index (κ1) is 10.2. The topological polar surface area (TPSA) is 21.3 Å². The highest BCUT2D eigenvalue weighted by molar-refractivity contribution is 6.20. The Bertz CT molecular complexity index is 70.6. The van der Waals surface area contributed by atoms with E-state index in [1.807, 2.05) is 0 Å². The largest absolute Gasteiger partial charge is 0.383 e. The van der Waals surface area contributed by atoms with Crippen molar-refractivity contribution in [3.05, 3.63) is 0 Å². The molecule has 0 heterocycles. The molecule has 0 spiro atoms. The van der Waals surface area contributed by atoms with E-state index in [0.717, 1.165) is 19.5 Å². The van der Waals surface area contributed by atoms with E-state index in [2.05, 4.69) is 12.2 Å². The number of ether oxygens (including phenoxy) is 1. The van der Waals surface area contributed by atoms with E-state index in [-0.39, 0.29) is 5.38 Å². The molecular formula is C7H16ClNO. The second-order valence-corrected chi connectivity index (χ2v) is 2.87. The smallest absolute Gasteiger partial charge is 0.0693 e. The monoisotopic (exact) mass is 165 g/mol. The van der Waals surface area contributed by atoms with Crippen molar-refractivity contribution in [3.63, 3.8) is 0 Å². The van der Waals surface area contributed by atoms with Crippen LogP contribution in [0.15, 0.2) is 0 Å². The van der Waals surface area contributed by atoms with Crippen LogP contribution in [-0.4, -0.2) is 32.2 Å². The third kappa shape index (κ3) is 6.33. The minimum atomic E-state index is 0.108. The molecule has 0 radical (unpaired) electrons. The predicted octanol–water partition coefficient (Wildman–Crippen LogP) is 1.24. The van der Waals surface area contributed by atoms with E-state index in [4.69, 9.17) is 16.3 Å². The number of nitrogens with one attached hydrogen (secondary N) is 1. The van der Waals surface area contributed by atoms with Gasteiger partial charge in [0.1, 0.15) is 0 Å². The Balaban J connectivity index is 2.97. The van der Waals surface area contributed by atoms with Gasteiger partial charge in [-0.05, 0) is 13.0 Å². The van der Waals surface area contributed by atoms with Crippen LogP contribution in [0, 0.1) is 0 Å². The van der Waals surface area contributed by atoms with Crippen LogP contribution in [0.5, 0.6) is 0 Å². The van der Waals surface area contributed by atoms with Crippen LogP contribution in [0.3, 0.4) is 0 Å². The summed E-state index contributed by atoms with van der Waals surface area (Å²) in [6.45, 7) is 4.63. The summed E-state index contributed by atoms with van der Waals surface area (Å²) in [4.78, 5) is 0. The molecule has 62 valence electrons. The lowest BCUT2D eigenvalue weighted by molar-refractivity contribution is 0.197. The summed E-state index contributed by atoms with van der Waals surface area (Å²) in [7, 11) is 1.66. The van der Waals surface area contributed by atoms with E-state index in [9.17, 15) is 0 Å². The van der Waals surface area contributed by atoms with Gasteiger partial charge in [0.05, 0.1) is 12.0 Å². The highest BCUT2D eigenvalue weighted by Crippen LogP contribution is 1.92. The first-order valence-electron chi connectivity index (χ1n) is 3.65. The van der Waals surface area contributed by atoms with E-state index in [0.29, 0.717) is 6.61 Å². The molecule has 3 heteroatoms. The Hall–Kier alpha value is 0.210. The average Bonchev–Trinajstić information content (AvgIpc) is 1.89. The van der Waals surface area contributed by atoms with Crippen molar-refractivity contribution in [2.45, 2.75) is 18.7 Å².